The second-order valence-electron chi connectivity index (χ2n) is 4.36. The molecule has 3 nitrogen and oxygen atoms in total. The standard InChI is InChI=1S/C14H13NO2/c1-9-12(13(9)14(16)17)7-11(8-15)10-5-3-2-4-6-10/h2-7,9,12-13H,1H3,(H,16,17). The van der Waals surface area contributed by atoms with Crippen LogP contribution in [0.25, 0.3) is 5.57 Å². The molecular formula is C14H13NO2. The van der Waals surface area contributed by atoms with Crippen molar-refractivity contribution in [3.05, 3.63) is 42.0 Å². The summed E-state index contributed by atoms with van der Waals surface area (Å²) in [7, 11) is 0. The molecule has 3 unspecified atom stereocenters. The summed E-state index contributed by atoms with van der Waals surface area (Å²) in [5.41, 5.74) is 1.41. The predicted octanol–water partition coefficient (Wildman–Crippen LogP) is 2.56. The second-order valence-corrected chi connectivity index (χ2v) is 4.36. The number of carboxylic acid groups (broad SMARTS) is 1. The number of carbonyl (C=O) groups is 1. The van der Waals surface area contributed by atoms with Gasteiger partial charge in [-0.1, -0.05) is 43.3 Å². The van der Waals surface area contributed by atoms with Gasteiger partial charge in [-0.2, -0.15) is 5.26 Å². The van der Waals surface area contributed by atoms with Crippen molar-refractivity contribution in [2.45, 2.75) is 6.92 Å². The average Bonchev–Trinajstić information content (AvgIpc) is 2.98. The SMILES string of the molecule is CC1C(C=C(C#N)c2ccccc2)C1C(=O)O. The fourth-order valence-corrected chi connectivity index (χ4v) is 2.15. The van der Waals surface area contributed by atoms with Gasteiger partial charge in [0.05, 0.1) is 17.6 Å². The molecular weight excluding hydrogens is 214 g/mol. The summed E-state index contributed by atoms with van der Waals surface area (Å²) in [5, 5.41) is 18.0. The van der Waals surface area contributed by atoms with Crippen LogP contribution in [0.15, 0.2) is 36.4 Å². The zero-order chi connectivity index (χ0) is 12.4. The lowest BCUT2D eigenvalue weighted by atomic mass is 10.1. The van der Waals surface area contributed by atoms with Crippen LogP contribution < -0.4 is 0 Å². The molecule has 2 rings (SSSR count). The smallest absolute Gasteiger partial charge is 0.307 e. The summed E-state index contributed by atoms with van der Waals surface area (Å²) in [6.07, 6.45) is 1.79. The van der Waals surface area contributed by atoms with Gasteiger partial charge in [-0.15, -0.1) is 0 Å². The lowest BCUT2D eigenvalue weighted by Gasteiger charge is -1.97. The van der Waals surface area contributed by atoms with E-state index in [0.717, 1.165) is 5.56 Å². The molecule has 86 valence electrons. The van der Waals surface area contributed by atoms with Crippen molar-refractivity contribution in [3.63, 3.8) is 0 Å². The van der Waals surface area contributed by atoms with Crippen molar-refractivity contribution in [1.82, 2.24) is 0 Å². The van der Waals surface area contributed by atoms with Gasteiger partial charge in [0, 0.05) is 0 Å². The van der Waals surface area contributed by atoms with Crippen LogP contribution in [0.3, 0.4) is 0 Å². The Morgan fingerprint density at radius 3 is 2.53 bits per heavy atom. The molecule has 3 atom stereocenters. The minimum Gasteiger partial charge on any atom is -0.481 e. The Kier molecular flexibility index (Phi) is 2.97. The predicted molar refractivity (Wildman–Crippen MR) is 63.8 cm³/mol. The minimum atomic E-state index is -0.774. The van der Waals surface area contributed by atoms with Crippen molar-refractivity contribution in [3.8, 4) is 6.07 Å². The zero-order valence-corrected chi connectivity index (χ0v) is 9.50. The molecule has 0 saturated heterocycles. The third-order valence-electron chi connectivity index (χ3n) is 3.30. The summed E-state index contributed by atoms with van der Waals surface area (Å²) < 4.78 is 0. The molecule has 1 aromatic rings. The monoisotopic (exact) mass is 227 g/mol. The molecule has 1 aliphatic carbocycles. The van der Waals surface area contributed by atoms with Gasteiger partial charge in [-0.3, -0.25) is 4.79 Å². The van der Waals surface area contributed by atoms with E-state index < -0.39 is 5.97 Å². The summed E-state index contributed by atoms with van der Waals surface area (Å²) in [5.74, 6) is -0.993. The molecule has 3 heteroatoms. The molecule has 0 heterocycles. The van der Waals surface area contributed by atoms with Crippen molar-refractivity contribution in [1.29, 1.82) is 5.26 Å². The number of carboxylic acids is 1. The molecule has 0 aromatic heterocycles. The van der Waals surface area contributed by atoms with E-state index in [4.69, 9.17) is 10.4 Å². The first-order valence-electron chi connectivity index (χ1n) is 5.55. The zero-order valence-electron chi connectivity index (χ0n) is 9.50. The van der Waals surface area contributed by atoms with E-state index in [-0.39, 0.29) is 17.8 Å². The van der Waals surface area contributed by atoms with Gasteiger partial charge < -0.3 is 5.11 Å². The molecule has 1 saturated carbocycles. The summed E-state index contributed by atoms with van der Waals surface area (Å²) in [6, 6.07) is 11.5. The molecule has 17 heavy (non-hydrogen) atoms. The molecule has 0 spiro atoms. The highest BCUT2D eigenvalue weighted by Gasteiger charge is 2.50. The summed E-state index contributed by atoms with van der Waals surface area (Å²) >= 11 is 0. The molecule has 1 fully saturated rings. The van der Waals surface area contributed by atoms with Crippen LogP contribution in [0.1, 0.15) is 12.5 Å². The highest BCUT2D eigenvalue weighted by atomic mass is 16.4. The third kappa shape index (κ3) is 2.21. The van der Waals surface area contributed by atoms with Gasteiger partial charge in [0.15, 0.2) is 0 Å². The quantitative estimate of drug-likeness (QED) is 0.807. The Morgan fingerprint density at radius 2 is 2.06 bits per heavy atom. The van der Waals surface area contributed by atoms with E-state index in [1.165, 1.54) is 0 Å². The van der Waals surface area contributed by atoms with Crippen LogP contribution in [0, 0.1) is 29.1 Å². The third-order valence-corrected chi connectivity index (χ3v) is 3.30. The summed E-state index contributed by atoms with van der Waals surface area (Å²) in [6.45, 7) is 1.90. The largest absolute Gasteiger partial charge is 0.481 e. The van der Waals surface area contributed by atoms with Gasteiger partial charge in [0.2, 0.25) is 0 Å². The van der Waals surface area contributed by atoms with Crippen molar-refractivity contribution in [2.75, 3.05) is 0 Å². The maximum Gasteiger partial charge on any atom is 0.307 e. The van der Waals surface area contributed by atoms with Crippen LogP contribution in [0.5, 0.6) is 0 Å². The fourth-order valence-electron chi connectivity index (χ4n) is 2.15. The Bertz CT molecular complexity index is 499. The van der Waals surface area contributed by atoms with E-state index in [2.05, 4.69) is 6.07 Å². The number of nitriles is 1. The van der Waals surface area contributed by atoms with Crippen LogP contribution >= 0.6 is 0 Å². The molecule has 1 aromatic carbocycles. The Balaban J connectivity index is 2.22. The maximum atomic E-state index is 10.9. The van der Waals surface area contributed by atoms with Gasteiger partial charge >= 0.3 is 5.97 Å². The Morgan fingerprint density at radius 1 is 1.41 bits per heavy atom. The lowest BCUT2D eigenvalue weighted by molar-refractivity contribution is -0.139. The first-order valence-corrected chi connectivity index (χ1v) is 5.55. The van der Waals surface area contributed by atoms with Crippen molar-refractivity contribution >= 4 is 11.5 Å². The van der Waals surface area contributed by atoms with Crippen molar-refractivity contribution in [2.24, 2.45) is 17.8 Å². The van der Waals surface area contributed by atoms with Crippen LogP contribution in [0.4, 0.5) is 0 Å². The van der Waals surface area contributed by atoms with Crippen LogP contribution in [-0.2, 0) is 4.79 Å². The number of aliphatic carboxylic acids is 1. The normalized spacial score (nSPS) is 27.3. The Hall–Kier alpha value is -2.08. The van der Waals surface area contributed by atoms with Crippen LogP contribution in [-0.4, -0.2) is 11.1 Å². The van der Waals surface area contributed by atoms with E-state index in [9.17, 15) is 4.79 Å². The molecule has 1 aliphatic rings. The lowest BCUT2D eigenvalue weighted by Crippen LogP contribution is -1.99. The van der Waals surface area contributed by atoms with Gasteiger partial charge in [-0.25, -0.2) is 0 Å². The number of allylic oxidation sites excluding steroid dienone is 2. The number of hydrogen-bond donors (Lipinski definition) is 1. The van der Waals surface area contributed by atoms with E-state index >= 15 is 0 Å². The number of benzene rings is 1. The maximum absolute atomic E-state index is 10.9. The minimum absolute atomic E-state index is 0.0117. The molecule has 0 aliphatic heterocycles. The van der Waals surface area contributed by atoms with Gasteiger partial charge in [-0.05, 0) is 17.4 Å². The topological polar surface area (TPSA) is 61.1 Å². The Labute approximate surface area is 100 Å². The first-order chi connectivity index (χ1) is 8.15. The molecule has 1 N–H and O–H groups in total. The number of rotatable bonds is 3. The molecule has 0 radical (unpaired) electrons. The number of hydrogen-bond acceptors (Lipinski definition) is 2. The van der Waals surface area contributed by atoms with Crippen molar-refractivity contribution < 1.29 is 9.90 Å². The van der Waals surface area contributed by atoms with Crippen LogP contribution in [0.2, 0.25) is 0 Å². The highest BCUT2D eigenvalue weighted by molar-refractivity contribution is 5.80. The highest BCUT2D eigenvalue weighted by Crippen LogP contribution is 2.48. The first kappa shape index (κ1) is 11.4. The van der Waals surface area contributed by atoms with Gasteiger partial charge in [0.25, 0.3) is 0 Å². The van der Waals surface area contributed by atoms with E-state index in [0.29, 0.717) is 5.57 Å². The fraction of sp³-hybridized carbons (Fsp3) is 0.286. The average molecular weight is 227 g/mol. The number of nitrogens with zero attached hydrogens (tertiary/aromatic N) is 1. The molecule has 0 amide bonds. The van der Waals surface area contributed by atoms with E-state index in [1.54, 1.807) is 6.08 Å². The van der Waals surface area contributed by atoms with E-state index in [1.807, 2.05) is 37.3 Å². The second kappa shape index (κ2) is 4.42. The molecule has 0 bridgehead atoms. The summed E-state index contributed by atoms with van der Waals surface area (Å²) in [4.78, 5) is 10.9. The van der Waals surface area contributed by atoms with Gasteiger partial charge in [0.1, 0.15) is 0 Å².